The van der Waals surface area contributed by atoms with Crippen molar-refractivity contribution in [3.8, 4) is 0 Å². The van der Waals surface area contributed by atoms with Crippen LogP contribution < -0.4 is 5.32 Å². The quantitative estimate of drug-likeness (QED) is 0.816. The van der Waals surface area contributed by atoms with Gasteiger partial charge in [-0.2, -0.15) is 0 Å². The lowest BCUT2D eigenvalue weighted by atomic mass is 10.1. The molecular formula is C12H15FN2O. The number of carbonyl (C=O) groups is 1. The van der Waals surface area contributed by atoms with Crippen molar-refractivity contribution < 1.29 is 9.18 Å². The number of carbonyl (C=O) groups excluding carboxylic acids is 1. The van der Waals surface area contributed by atoms with Gasteiger partial charge in [-0.3, -0.25) is 0 Å². The number of benzene rings is 1. The largest absolute Gasteiger partial charge is 0.331 e. The molecule has 1 aromatic rings. The van der Waals surface area contributed by atoms with E-state index in [0.29, 0.717) is 0 Å². The molecule has 2 rings (SSSR count). The van der Waals surface area contributed by atoms with Crippen LogP contribution in [0.2, 0.25) is 0 Å². The Kier molecular flexibility index (Phi) is 2.58. The summed E-state index contributed by atoms with van der Waals surface area (Å²) in [7, 11) is 3.38. The molecule has 1 saturated carbocycles. The fraction of sp³-hybridized carbons (Fsp3) is 0.417. The van der Waals surface area contributed by atoms with Crippen LogP contribution in [0.1, 0.15) is 18.4 Å². The molecule has 0 bridgehead atoms. The molecule has 1 aliphatic carbocycles. The fourth-order valence-corrected chi connectivity index (χ4v) is 1.71. The zero-order valence-electron chi connectivity index (χ0n) is 9.46. The van der Waals surface area contributed by atoms with Gasteiger partial charge in [0.2, 0.25) is 0 Å². The lowest BCUT2D eigenvalue weighted by Gasteiger charge is -2.21. The second kappa shape index (κ2) is 3.77. The summed E-state index contributed by atoms with van der Waals surface area (Å²) in [6.07, 6.45) is 1.74. The van der Waals surface area contributed by atoms with Gasteiger partial charge in [-0.05, 0) is 30.5 Å². The predicted octanol–water partition coefficient (Wildman–Crippen LogP) is 2.09. The Labute approximate surface area is 94.3 Å². The summed E-state index contributed by atoms with van der Waals surface area (Å²) in [4.78, 5) is 13.1. The third-order valence-corrected chi connectivity index (χ3v) is 2.88. The number of nitrogens with zero attached hydrogens (tertiary/aromatic N) is 1. The molecular weight excluding hydrogens is 207 g/mol. The molecule has 4 heteroatoms. The molecule has 2 amide bonds. The highest BCUT2D eigenvalue weighted by Crippen LogP contribution is 2.45. The number of amides is 2. The zero-order chi connectivity index (χ0) is 11.8. The number of hydrogen-bond donors (Lipinski definition) is 1. The molecule has 3 nitrogen and oxygen atoms in total. The van der Waals surface area contributed by atoms with Crippen molar-refractivity contribution in [1.29, 1.82) is 0 Å². The van der Waals surface area contributed by atoms with Crippen LogP contribution in [-0.4, -0.2) is 25.0 Å². The van der Waals surface area contributed by atoms with Gasteiger partial charge in [0.05, 0.1) is 5.54 Å². The monoisotopic (exact) mass is 222 g/mol. The first kappa shape index (κ1) is 10.9. The summed E-state index contributed by atoms with van der Waals surface area (Å²) in [6.45, 7) is 0. The average molecular weight is 222 g/mol. The van der Waals surface area contributed by atoms with Crippen molar-refractivity contribution in [2.45, 2.75) is 18.4 Å². The number of rotatable bonds is 2. The Balaban J connectivity index is 2.17. The smallest absolute Gasteiger partial charge is 0.317 e. The van der Waals surface area contributed by atoms with E-state index < -0.39 is 0 Å². The van der Waals surface area contributed by atoms with Crippen molar-refractivity contribution in [3.05, 3.63) is 35.6 Å². The molecule has 0 aromatic heterocycles. The van der Waals surface area contributed by atoms with Gasteiger partial charge in [-0.1, -0.05) is 12.1 Å². The molecule has 0 heterocycles. The van der Waals surface area contributed by atoms with Crippen LogP contribution >= 0.6 is 0 Å². The van der Waals surface area contributed by atoms with E-state index in [2.05, 4.69) is 5.32 Å². The van der Waals surface area contributed by atoms with Crippen LogP contribution in [0.3, 0.4) is 0 Å². The standard InChI is InChI=1S/C12H15FN2O/c1-15(2)11(16)14-12(6-7-12)9-4-3-5-10(13)8-9/h3-5,8H,6-7H2,1-2H3,(H,14,16). The van der Waals surface area contributed by atoms with E-state index in [1.54, 1.807) is 20.2 Å². The molecule has 0 radical (unpaired) electrons. The fourth-order valence-electron chi connectivity index (χ4n) is 1.71. The zero-order valence-corrected chi connectivity index (χ0v) is 9.46. The van der Waals surface area contributed by atoms with Crippen LogP contribution in [0.15, 0.2) is 24.3 Å². The molecule has 16 heavy (non-hydrogen) atoms. The van der Waals surface area contributed by atoms with Gasteiger partial charge in [0.15, 0.2) is 0 Å². The molecule has 0 aliphatic heterocycles. The Bertz CT molecular complexity index is 413. The normalized spacial score (nSPS) is 16.7. The van der Waals surface area contributed by atoms with Gasteiger partial charge in [0.1, 0.15) is 5.82 Å². The van der Waals surface area contributed by atoms with E-state index in [1.807, 2.05) is 6.07 Å². The summed E-state index contributed by atoms with van der Waals surface area (Å²) >= 11 is 0. The SMILES string of the molecule is CN(C)C(=O)NC1(c2cccc(F)c2)CC1. The molecule has 1 fully saturated rings. The van der Waals surface area contributed by atoms with Crippen LogP contribution in [0, 0.1) is 5.82 Å². The Morgan fingerprint density at radius 3 is 2.62 bits per heavy atom. The predicted molar refractivity (Wildman–Crippen MR) is 59.5 cm³/mol. The minimum Gasteiger partial charge on any atom is -0.331 e. The first-order valence-corrected chi connectivity index (χ1v) is 5.29. The van der Waals surface area contributed by atoms with Crippen LogP contribution in [0.25, 0.3) is 0 Å². The van der Waals surface area contributed by atoms with E-state index >= 15 is 0 Å². The molecule has 0 saturated heterocycles. The number of nitrogens with one attached hydrogen (secondary N) is 1. The lowest BCUT2D eigenvalue weighted by Crippen LogP contribution is -2.41. The maximum atomic E-state index is 13.1. The lowest BCUT2D eigenvalue weighted by molar-refractivity contribution is 0.211. The molecule has 0 atom stereocenters. The van der Waals surface area contributed by atoms with Crippen LogP contribution in [0.5, 0.6) is 0 Å². The van der Waals surface area contributed by atoms with Crippen LogP contribution in [0.4, 0.5) is 9.18 Å². The highest BCUT2D eigenvalue weighted by molar-refractivity contribution is 5.75. The van der Waals surface area contributed by atoms with Gasteiger partial charge < -0.3 is 10.2 Å². The summed E-state index contributed by atoms with van der Waals surface area (Å²) in [6, 6.07) is 6.29. The number of urea groups is 1. The van der Waals surface area contributed by atoms with E-state index in [9.17, 15) is 9.18 Å². The third kappa shape index (κ3) is 2.01. The molecule has 1 N–H and O–H groups in total. The highest BCUT2D eigenvalue weighted by atomic mass is 19.1. The maximum absolute atomic E-state index is 13.1. The second-order valence-corrected chi connectivity index (χ2v) is 4.42. The van der Waals surface area contributed by atoms with E-state index in [4.69, 9.17) is 0 Å². The maximum Gasteiger partial charge on any atom is 0.317 e. The van der Waals surface area contributed by atoms with Crippen LogP contribution in [-0.2, 0) is 5.54 Å². The Morgan fingerprint density at radius 1 is 1.44 bits per heavy atom. The van der Waals surface area contributed by atoms with Gasteiger partial charge in [-0.25, -0.2) is 9.18 Å². The number of halogens is 1. The van der Waals surface area contributed by atoms with Crippen molar-refractivity contribution in [1.82, 2.24) is 10.2 Å². The van der Waals surface area contributed by atoms with E-state index in [0.717, 1.165) is 18.4 Å². The minimum atomic E-state index is -0.344. The molecule has 1 aliphatic rings. The van der Waals surface area contributed by atoms with Crippen molar-refractivity contribution in [3.63, 3.8) is 0 Å². The highest BCUT2D eigenvalue weighted by Gasteiger charge is 2.46. The minimum absolute atomic E-state index is 0.137. The molecule has 0 spiro atoms. The topological polar surface area (TPSA) is 32.3 Å². The van der Waals surface area contributed by atoms with Crippen molar-refractivity contribution >= 4 is 6.03 Å². The van der Waals surface area contributed by atoms with Crippen molar-refractivity contribution in [2.75, 3.05) is 14.1 Å². The Morgan fingerprint density at radius 2 is 2.12 bits per heavy atom. The summed E-state index contributed by atoms with van der Waals surface area (Å²) in [5.74, 6) is -0.261. The summed E-state index contributed by atoms with van der Waals surface area (Å²) in [5, 5.41) is 2.93. The third-order valence-electron chi connectivity index (χ3n) is 2.88. The van der Waals surface area contributed by atoms with Gasteiger partial charge in [0.25, 0.3) is 0 Å². The Hall–Kier alpha value is -1.58. The average Bonchev–Trinajstić information content (AvgIpc) is 2.99. The molecule has 86 valence electrons. The van der Waals surface area contributed by atoms with Gasteiger partial charge >= 0.3 is 6.03 Å². The summed E-state index contributed by atoms with van der Waals surface area (Å²) < 4.78 is 13.1. The molecule has 0 unspecified atom stereocenters. The summed E-state index contributed by atoms with van der Waals surface area (Å²) in [5.41, 5.74) is 0.506. The van der Waals surface area contributed by atoms with E-state index in [-0.39, 0.29) is 17.4 Å². The second-order valence-electron chi connectivity index (χ2n) is 4.42. The van der Waals surface area contributed by atoms with E-state index in [1.165, 1.54) is 17.0 Å². The van der Waals surface area contributed by atoms with Gasteiger partial charge in [0, 0.05) is 14.1 Å². The molecule has 1 aromatic carbocycles. The van der Waals surface area contributed by atoms with Crippen molar-refractivity contribution in [2.24, 2.45) is 0 Å². The number of hydrogen-bond acceptors (Lipinski definition) is 1. The first-order chi connectivity index (χ1) is 7.53. The van der Waals surface area contributed by atoms with Gasteiger partial charge in [-0.15, -0.1) is 0 Å². The first-order valence-electron chi connectivity index (χ1n) is 5.29.